The number of nitrogens with one attached hydrogen (secondary N) is 1. The van der Waals surface area contributed by atoms with Crippen LogP contribution >= 0.6 is 0 Å². The van der Waals surface area contributed by atoms with Crippen LogP contribution in [0.2, 0.25) is 0 Å². The van der Waals surface area contributed by atoms with Gasteiger partial charge in [-0.2, -0.15) is 0 Å². The van der Waals surface area contributed by atoms with Crippen molar-refractivity contribution in [2.45, 2.75) is 45.8 Å². The molecule has 5 nitrogen and oxygen atoms in total. The lowest BCUT2D eigenvalue weighted by molar-refractivity contribution is 0.421. The minimum atomic E-state index is -2.89. The molecule has 1 fully saturated rings. The van der Waals surface area contributed by atoms with E-state index in [1.54, 1.807) is 0 Å². The van der Waals surface area contributed by atoms with Crippen molar-refractivity contribution in [3.63, 3.8) is 0 Å². The lowest BCUT2D eigenvalue weighted by Crippen LogP contribution is -2.47. The van der Waals surface area contributed by atoms with Crippen molar-refractivity contribution in [2.75, 3.05) is 23.0 Å². The molecular weight excluding hydrogens is 286 g/mol. The Hall–Kier alpha value is -1.14. The molecule has 0 radical (unpaired) electrons. The predicted octanol–water partition coefficient (Wildman–Crippen LogP) is 1.59. The van der Waals surface area contributed by atoms with E-state index in [1.807, 2.05) is 25.1 Å². The van der Waals surface area contributed by atoms with E-state index in [0.717, 1.165) is 11.5 Å². The summed E-state index contributed by atoms with van der Waals surface area (Å²) in [6.07, 6.45) is 0. The molecule has 21 heavy (non-hydrogen) atoms. The molecule has 1 aromatic heterocycles. The first kappa shape index (κ1) is 16.2. The number of rotatable bonds is 3. The van der Waals surface area contributed by atoms with Crippen molar-refractivity contribution < 1.29 is 8.42 Å². The zero-order valence-corrected chi connectivity index (χ0v) is 14.1. The molecule has 0 amide bonds. The molecule has 0 spiro atoms. The smallest absolute Gasteiger partial charge is 0.154 e. The Kier molecular flexibility index (Phi) is 4.58. The van der Waals surface area contributed by atoms with Gasteiger partial charge in [-0.25, -0.2) is 13.4 Å². The Morgan fingerprint density at radius 2 is 2.10 bits per heavy atom. The third-order valence-electron chi connectivity index (χ3n) is 3.56. The third kappa shape index (κ3) is 4.68. The Labute approximate surface area is 127 Å². The van der Waals surface area contributed by atoms with E-state index in [1.165, 1.54) is 0 Å². The van der Waals surface area contributed by atoms with Crippen LogP contribution in [-0.2, 0) is 16.4 Å². The number of hydrogen-bond acceptors (Lipinski definition) is 5. The highest BCUT2D eigenvalue weighted by atomic mass is 32.2. The Morgan fingerprint density at radius 3 is 2.71 bits per heavy atom. The van der Waals surface area contributed by atoms with Crippen LogP contribution in [0.4, 0.5) is 5.82 Å². The van der Waals surface area contributed by atoms with E-state index in [0.29, 0.717) is 13.1 Å². The molecule has 0 aromatic carbocycles. The van der Waals surface area contributed by atoms with Gasteiger partial charge in [0, 0.05) is 24.7 Å². The molecule has 0 bridgehead atoms. The van der Waals surface area contributed by atoms with Crippen LogP contribution in [0.25, 0.3) is 0 Å². The lowest BCUT2D eigenvalue weighted by atomic mass is 10.1. The molecule has 1 N–H and O–H groups in total. The summed E-state index contributed by atoms with van der Waals surface area (Å²) in [5.74, 6) is 1.29. The van der Waals surface area contributed by atoms with Crippen molar-refractivity contribution in [1.82, 2.24) is 10.3 Å². The van der Waals surface area contributed by atoms with Gasteiger partial charge in [-0.15, -0.1) is 0 Å². The number of aromatic nitrogens is 1. The summed E-state index contributed by atoms with van der Waals surface area (Å²) in [6, 6.07) is 5.91. The van der Waals surface area contributed by atoms with Crippen molar-refractivity contribution in [3.05, 3.63) is 23.9 Å². The van der Waals surface area contributed by atoms with Gasteiger partial charge in [-0.3, -0.25) is 0 Å². The highest BCUT2D eigenvalue weighted by Crippen LogP contribution is 2.20. The third-order valence-corrected chi connectivity index (χ3v) is 5.35. The number of hydrogen-bond donors (Lipinski definition) is 1. The highest BCUT2D eigenvalue weighted by molar-refractivity contribution is 7.91. The summed E-state index contributed by atoms with van der Waals surface area (Å²) in [7, 11) is -2.89. The monoisotopic (exact) mass is 311 g/mol. The molecule has 0 aliphatic carbocycles. The maximum Gasteiger partial charge on any atom is 0.154 e. The average Bonchev–Trinajstić information content (AvgIpc) is 2.35. The summed E-state index contributed by atoms with van der Waals surface area (Å²) in [5, 5.41) is 3.42. The maximum atomic E-state index is 11.7. The SMILES string of the molecule is CC1CS(=O)(=O)CCN1c1cccc(CNC(C)(C)C)n1. The van der Waals surface area contributed by atoms with Crippen LogP contribution < -0.4 is 10.2 Å². The summed E-state index contributed by atoms with van der Waals surface area (Å²) >= 11 is 0. The first-order valence-corrected chi connectivity index (χ1v) is 9.16. The van der Waals surface area contributed by atoms with Crippen LogP contribution in [0.5, 0.6) is 0 Å². The zero-order valence-electron chi connectivity index (χ0n) is 13.3. The van der Waals surface area contributed by atoms with Crippen LogP contribution in [0, 0.1) is 0 Å². The summed E-state index contributed by atoms with van der Waals surface area (Å²) < 4.78 is 23.3. The molecule has 1 atom stereocenters. The van der Waals surface area contributed by atoms with Crippen molar-refractivity contribution >= 4 is 15.7 Å². The standard InChI is InChI=1S/C15H25N3O2S/c1-12-11-21(19,20)9-8-18(12)14-7-5-6-13(17-14)10-16-15(2,3)4/h5-7,12,16H,8-11H2,1-4H3. The van der Waals surface area contributed by atoms with Crippen LogP contribution in [0.1, 0.15) is 33.4 Å². The minimum absolute atomic E-state index is 0.0259. The summed E-state index contributed by atoms with van der Waals surface area (Å²) in [4.78, 5) is 6.75. The van der Waals surface area contributed by atoms with E-state index >= 15 is 0 Å². The molecule has 1 unspecified atom stereocenters. The van der Waals surface area contributed by atoms with Gasteiger partial charge in [-0.1, -0.05) is 6.07 Å². The molecule has 2 rings (SSSR count). The number of nitrogens with zero attached hydrogens (tertiary/aromatic N) is 2. The normalized spacial score (nSPS) is 22.3. The molecule has 118 valence electrons. The Balaban J connectivity index is 2.10. The number of pyridine rings is 1. The molecule has 1 saturated heterocycles. The van der Waals surface area contributed by atoms with E-state index in [9.17, 15) is 8.42 Å². The van der Waals surface area contributed by atoms with E-state index in [-0.39, 0.29) is 23.1 Å². The zero-order chi connectivity index (χ0) is 15.7. The largest absolute Gasteiger partial charge is 0.352 e. The summed E-state index contributed by atoms with van der Waals surface area (Å²) in [6.45, 7) is 9.53. The average molecular weight is 311 g/mol. The van der Waals surface area contributed by atoms with Gasteiger partial charge in [-0.05, 0) is 39.8 Å². The van der Waals surface area contributed by atoms with Gasteiger partial charge < -0.3 is 10.2 Å². The van der Waals surface area contributed by atoms with Gasteiger partial charge in [0.25, 0.3) is 0 Å². The highest BCUT2D eigenvalue weighted by Gasteiger charge is 2.28. The van der Waals surface area contributed by atoms with Crippen molar-refractivity contribution in [2.24, 2.45) is 0 Å². The fourth-order valence-corrected chi connectivity index (χ4v) is 3.98. The second kappa shape index (κ2) is 5.93. The van der Waals surface area contributed by atoms with Crippen LogP contribution in [0.3, 0.4) is 0 Å². The topological polar surface area (TPSA) is 62.3 Å². The first-order chi connectivity index (χ1) is 9.66. The number of anilines is 1. The molecular formula is C15H25N3O2S. The number of sulfone groups is 1. The van der Waals surface area contributed by atoms with Crippen molar-refractivity contribution in [3.8, 4) is 0 Å². The van der Waals surface area contributed by atoms with Gasteiger partial charge in [0.15, 0.2) is 9.84 Å². The Bertz CT molecular complexity index is 593. The Morgan fingerprint density at radius 1 is 1.38 bits per heavy atom. The van der Waals surface area contributed by atoms with Crippen molar-refractivity contribution in [1.29, 1.82) is 0 Å². The van der Waals surface area contributed by atoms with E-state index < -0.39 is 9.84 Å². The lowest BCUT2D eigenvalue weighted by Gasteiger charge is -2.34. The first-order valence-electron chi connectivity index (χ1n) is 7.34. The molecule has 1 aliphatic rings. The van der Waals surface area contributed by atoms with E-state index in [4.69, 9.17) is 0 Å². The van der Waals surface area contributed by atoms with Gasteiger partial charge >= 0.3 is 0 Å². The molecule has 6 heteroatoms. The van der Waals surface area contributed by atoms with Crippen LogP contribution in [-0.4, -0.2) is 43.0 Å². The van der Waals surface area contributed by atoms with Gasteiger partial charge in [0.05, 0.1) is 17.2 Å². The maximum absolute atomic E-state index is 11.7. The molecule has 1 aliphatic heterocycles. The second-order valence-electron chi connectivity index (χ2n) is 6.75. The molecule has 1 aromatic rings. The predicted molar refractivity (Wildman–Crippen MR) is 86.3 cm³/mol. The fourth-order valence-electron chi connectivity index (χ4n) is 2.42. The van der Waals surface area contributed by atoms with Gasteiger partial charge in [0.2, 0.25) is 0 Å². The van der Waals surface area contributed by atoms with Crippen LogP contribution in [0.15, 0.2) is 18.2 Å². The van der Waals surface area contributed by atoms with Gasteiger partial charge in [0.1, 0.15) is 5.82 Å². The molecule has 2 heterocycles. The quantitative estimate of drug-likeness (QED) is 0.918. The second-order valence-corrected chi connectivity index (χ2v) is 8.98. The fraction of sp³-hybridized carbons (Fsp3) is 0.667. The van der Waals surface area contributed by atoms with E-state index in [2.05, 4.69) is 36.0 Å². The summed E-state index contributed by atoms with van der Waals surface area (Å²) in [5.41, 5.74) is 1.02. The molecule has 0 saturated carbocycles. The minimum Gasteiger partial charge on any atom is -0.352 e.